The van der Waals surface area contributed by atoms with Gasteiger partial charge in [0.15, 0.2) is 0 Å². The first-order chi connectivity index (χ1) is 9.86. The standard InChI is InChI=1S/C18H23NO/c1-2-13-19-18(16-11-7-4-8-12-16)17(14-20)15-9-5-3-6-10-15/h3-12,17-20H,2,13-14H2,1H3. The van der Waals surface area contributed by atoms with Gasteiger partial charge in [0.1, 0.15) is 0 Å². The van der Waals surface area contributed by atoms with Gasteiger partial charge in [0.05, 0.1) is 6.61 Å². The van der Waals surface area contributed by atoms with Crippen molar-refractivity contribution in [3.63, 3.8) is 0 Å². The van der Waals surface area contributed by atoms with Crippen molar-refractivity contribution in [2.75, 3.05) is 13.2 Å². The summed E-state index contributed by atoms with van der Waals surface area (Å²) in [7, 11) is 0. The molecule has 0 heterocycles. The second kappa shape index (κ2) is 7.83. The van der Waals surface area contributed by atoms with Crippen LogP contribution in [0, 0.1) is 0 Å². The smallest absolute Gasteiger partial charge is 0.0518 e. The van der Waals surface area contributed by atoms with Crippen molar-refractivity contribution >= 4 is 0 Å². The van der Waals surface area contributed by atoms with Gasteiger partial charge in [0.2, 0.25) is 0 Å². The number of aliphatic hydroxyl groups excluding tert-OH is 1. The number of rotatable bonds is 7. The Morgan fingerprint density at radius 1 is 0.900 bits per heavy atom. The van der Waals surface area contributed by atoms with Crippen LogP contribution in [0.2, 0.25) is 0 Å². The highest BCUT2D eigenvalue weighted by Gasteiger charge is 2.23. The van der Waals surface area contributed by atoms with E-state index >= 15 is 0 Å². The van der Waals surface area contributed by atoms with E-state index in [0.717, 1.165) is 13.0 Å². The quantitative estimate of drug-likeness (QED) is 0.806. The first kappa shape index (κ1) is 14.8. The molecule has 2 unspecified atom stereocenters. The average Bonchev–Trinajstić information content (AvgIpc) is 2.53. The molecule has 0 amide bonds. The Bertz CT molecular complexity index is 483. The average molecular weight is 269 g/mol. The summed E-state index contributed by atoms with van der Waals surface area (Å²) in [5.41, 5.74) is 2.40. The lowest BCUT2D eigenvalue weighted by molar-refractivity contribution is 0.235. The van der Waals surface area contributed by atoms with Crippen LogP contribution < -0.4 is 5.32 Å². The summed E-state index contributed by atoms with van der Waals surface area (Å²) in [5.74, 6) is 0.0742. The Morgan fingerprint density at radius 3 is 1.95 bits per heavy atom. The molecule has 0 spiro atoms. The van der Waals surface area contributed by atoms with Gasteiger partial charge in [-0.15, -0.1) is 0 Å². The lowest BCUT2D eigenvalue weighted by Crippen LogP contribution is -2.29. The molecule has 2 heteroatoms. The van der Waals surface area contributed by atoms with E-state index in [1.54, 1.807) is 0 Å². The van der Waals surface area contributed by atoms with Crippen molar-refractivity contribution in [1.82, 2.24) is 5.32 Å². The molecule has 0 fully saturated rings. The van der Waals surface area contributed by atoms with Gasteiger partial charge in [0, 0.05) is 12.0 Å². The first-order valence-corrected chi connectivity index (χ1v) is 7.31. The van der Waals surface area contributed by atoms with Crippen molar-refractivity contribution < 1.29 is 5.11 Å². The van der Waals surface area contributed by atoms with Crippen LogP contribution in [0.15, 0.2) is 60.7 Å². The zero-order valence-electron chi connectivity index (χ0n) is 12.0. The zero-order valence-corrected chi connectivity index (χ0v) is 12.0. The lowest BCUT2D eigenvalue weighted by Gasteiger charge is -2.27. The molecule has 2 aromatic rings. The van der Waals surface area contributed by atoms with E-state index in [1.807, 2.05) is 24.3 Å². The number of hydrogen-bond acceptors (Lipinski definition) is 2. The van der Waals surface area contributed by atoms with Gasteiger partial charge in [-0.05, 0) is 24.1 Å². The van der Waals surface area contributed by atoms with E-state index in [2.05, 4.69) is 48.6 Å². The Labute approximate surface area is 121 Å². The fraction of sp³-hybridized carbons (Fsp3) is 0.333. The third-order valence-corrected chi connectivity index (χ3v) is 3.60. The van der Waals surface area contributed by atoms with E-state index in [4.69, 9.17) is 0 Å². The monoisotopic (exact) mass is 269 g/mol. The van der Waals surface area contributed by atoms with Gasteiger partial charge in [-0.2, -0.15) is 0 Å². The summed E-state index contributed by atoms with van der Waals surface area (Å²) in [5, 5.41) is 13.4. The normalized spacial score (nSPS) is 13.9. The summed E-state index contributed by atoms with van der Waals surface area (Å²) < 4.78 is 0. The largest absolute Gasteiger partial charge is 0.396 e. The highest BCUT2D eigenvalue weighted by Crippen LogP contribution is 2.30. The van der Waals surface area contributed by atoms with Gasteiger partial charge in [-0.1, -0.05) is 67.6 Å². The summed E-state index contributed by atoms with van der Waals surface area (Å²) in [6.07, 6.45) is 1.08. The number of benzene rings is 2. The molecule has 0 radical (unpaired) electrons. The van der Waals surface area contributed by atoms with Crippen molar-refractivity contribution in [2.45, 2.75) is 25.3 Å². The summed E-state index contributed by atoms with van der Waals surface area (Å²) in [4.78, 5) is 0. The third-order valence-electron chi connectivity index (χ3n) is 3.60. The van der Waals surface area contributed by atoms with Crippen molar-refractivity contribution in [3.05, 3.63) is 71.8 Å². The SMILES string of the molecule is CCCNC(c1ccccc1)C(CO)c1ccccc1. The van der Waals surface area contributed by atoms with E-state index < -0.39 is 0 Å². The maximum Gasteiger partial charge on any atom is 0.0518 e. The molecule has 2 N–H and O–H groups in total. The van der Waals surface area contributed by atoms with Crippen molar-refractivity contribution in [3.8, 4) is 0 Å². The molecule has 0 aliphatic carbocycles. The molecule has 0 bridgehead atoms. The maximum absolute atomic E-state index is 9.87. The summed E-state index contributed by atoms with van der Waals surface area (Å²) in [6.45, 7) is 3.24. The second-order valence-corrected chi connectivity index (χ2v) is 5.04. The zero-order chi connectivity index (χ0) is 14.2. The number of aliphatic hydroxyl groups is 1. The highest BCUT2D eigenvalue weighted by molar-refractivity contribution is 5.28. The van der Waals surface area contributed by atoms with Gasteiger partial charge in [-0.25, -0.2) is 0 Å². The molecule has 106 valence electrons. The molecule has 0 aliphatic rings. The Hall–Kier alpha value is -1.64. The highest BCUT2D eigenvalue weighted by atomic mass is 16.3. The molecule has 2 atom stereocenters. The van der Waals surface area contributed by atoms with Gasteiger partial charge in [0.25, 0.3) is 0 Å². The molecule has 0 aliphatic heterocycles. The fourth-order valence-corrected chi connectivity index (χ4v) is 2.56. The van der Waals surface area contributed by atoms with Crippen LogP contribution in [-0.4, -0.2) is 18.3 Å². The van der Waals surface area contributed by atoms with Crippen LogP contribution in [0.1, 0.15) is 36.4 Å². The lowest BCUT2D eigenvalue weighted by atomic mass is 9.87. The van der Waals surface area contributed by atoms with E-state index in [0.29, 0.717) is 0 Å². The van der Waals surface area contributed by atoms with Crippen LogP contribution in [0.5, 0.6) is 0 Å². The Kier molecular flexibility index (Phi) is 5.78. The fourth-order valence-electron chi connectivity index (χ4n) is 2.56. The molecule has 2 aromatic carbocycles. The van der Waals surface area contributed by atoms with Crippen molar-refractivity contribution in [2.24, 2.45) is 0 Å². The summed E-state index contributed by atoms with van der Waals surface area (Å²) >= 11 is 0. The van der Waals surface area contributed by atoms with Gasteiger partial charge in [-0.3, -0.25) is 0 Å². The molecule has 2 rings (SSSR count). The van der Waals surface area contributed by atoms with E-state index in [-0.39, 0.29) is 18.6 Å². The van der Waals surface area contributed by atoms with Crippen molar-refractivity contribution in [1.29, 1.82) is 0 Å². The number of hydrogen-bond donors (Lipinski definition) is 2. The third kappa shape index (κ3) is 3.69. The van der Waals surface area contributed by atoms with Crippen LogP contribution in [0.3, 0.4) is 0 Å². The molecular weight excluding hydrogens is 246 g/mol. The van der Waals surface area contributed by atoms with Crippen LogP contribution in [-0.2, 0) is 0 Å². The predicted molar refractivity (Wildman–Crippen MR) is 83.7 cm³/mol. The molecular formula is C18H23NO. The Balaban J connectivity index is 2.29. The van der Waals surface area contributed by atoms with Gasteiger partial charge >= 0.3 is 0 Å². The molecule has 0 saturated carbocycles. The minimum atomic E-state index is 0.0742. The molecule has 20 heavy (non-hydrogen) atoms. The summed E-state index contributed by atoms with van der Waals surface area (Å²) in [6, 6.07) is 20.8. The second-order valence-electron chi connectivity index (χ2n) is 5.04. The van der Waals surface area contributed by atoms with E-state index in [1.165, 1.54) is 11.1 Å². The minimum Gasteiger partial charge on any atom is -0.396 e. The Morgan fingerprint density at radius 2 is 1.45 bits per heavy atom. The van der Waals surface area contributed by atoms with Crippen LogP contribution in [0.25, 0.3) is 0 Å². The predicted octanol–water partition coefficient (Wildman–Crippen LogP) is 3.50. The van der Waals surface area contributed by atoms with Gasteiger partial charge < -0.3 is 10.4 Å². The maximum atomic E-state index is 9.87. The molecule has 0 aromatic heterocycles. The van der Waals surface area contributed by atoms with E-state index in [9.17, 15) is 5.11 Å². The minimum absolute atomic E-state index is 0.0742. The number of nitrogens with one attached hydrogen (secondary N) is 1. The molecule has 2 nitrogen and oxygen atoms in total. The first-order valence-electron chi connectivity index (χ1n) is 7.31. The molecule has 0 saturated heterocycles. The van der Waals surface area contributed by atoms with Crippen LogP contribution >= 0.6 is 0 Å². The van der Waals surface area contributed by atoms with Crippen LogP contribution in [0.4, 0.5) is 0 Å². The topological polar surface area (TPSA) is 32.3 Å².